The van der Waals surface area contributed by atoms with Gasteiger partial charge in [0.1, 0.15) is 29.6 Å². The summed E-state index contributed by atoms with van der Waals surface area (Å²) in [6, 6.07) is 14.8. The Labute approximate surface area is 186 Å². The van der Waals surface area contributed by atoms with Gasteiger partial charge < -0.3 is 24.3 Å². The fourth-order valence-electron chi connectivity index (χ4n) is 3.75. The number of nitrogens with one attached hydrogen (secondary N) is 1. The summed E-state index contributed by atoms with van der Waals surface area (Å²) >= 11 is 0. The Morgan fingerprint density at radius 1 is 1.06 bits per heavy atom. The molecular weight excluding hydrogens is 410 g/mol. The van der Waals surface area contributed by atoms with E-state index >= 15 is 0 Å². The average Bonchev–Trinajstić information content (AvgIpc) is 3.24. The molecule has 1 fully saturated rings. The molecule has 0 atom stereocenters. The first-order valence-corrected chi connectivity index (χ1v) is 10.6. The minimum atomic E-state index is -0.314. The molecule has 0 aliphatic carbocycles. The van der Waals surface area contributed by atoms with Crippen molar-refractivity contribution in [2.45, 2.75) is 20.0 Å². The van der Waals surface area contributed by atoms with Crippen LogP contribution in [0.15, 0.2) is 57.7 Å². The van der Waals surface area contributed by atoms with Gasteiger partial charge in [-0.2, -0.15) is 5.10 Å². The summed E-state index contributed by atoms with van der Waals surface area (Å²) in [5.74, 6) is 2.68. The lowest BCUT2D eigenvalue weighted by molar-refractivity contribution is -0.122. The lowest BCUT2D eigenvalue weighted by Crippen LogP contribution is -2.47. The molecule has 0 radical (unpaired) electrons. The quantitative estimate of drug-likeness (QED) is 0.602. The van der Waals surface area contributed by atoms with Crippen molar-refractivity contribution < 1.29 is 13.9 Å². The van der Waals surface area contributed by atoms with Crippen molar-refractivity contribution in [3.05, 3.63) is 70.4 Å². The Kier molecular flexibility index (Phi) is 6.44. The number of aromatic nitrogens is 2. The van der Waals surface area contributed by atoms with Crippen LogP contribution in [-0.2, 0) is 17.9 Å². The van der Waals surface area contributed by atoms with Crippen molar-refractivity contribution >= 4 is 17.4 Å². The fraction of sp³-hybridized carbons (Fsp3) is 0.348. The first-order chi connectivity index (χ1) is 15.5. The number of carbonyl (C=O) groups excluding carboxylic acids is 1. The van der Waals surface area contributed by atoms with Crippen molar-refractivity contribution in [2.24, 2.45) is 0 Å². The van der Waals surface area contributed by atoms with Gasteiger partial charge in [-0.1, -0.05) is 12.1 Å². The van der Waals surface area contributed by atoms with Crippen molar-refractivity contribution in [2.75, 3.05) is 43.1 Å². The van der Waals surface area contributed by atoms with Crippen LogP contribution in [0.3, 0.4) is 0 Å². The molecule has 1 aliphatic heterocycles. The topological polar surface area (TPSA) is 92.8 Å². The van der Waals surface area contributed by atoms with Gasteiger partial charge in [0.15, 0.2) is 0 Å². The highest BCUT2D eigenvalue weighted by molar-refractivity contribution is 5.75. The normalized spacial score (nSPS) is 13.8. The molecule has 4 rings (SSSR count). The van der Waals surface area contributed by atoms with Crippen molar-refractivity contribution in [1.82, 2.24) is 15.1 Å². The van der Waals surface area contributed by atoms with Crippen LogP contribution in [0.5, 0.6) is 5.75 Å². The number of anilines is 2. The average molecular weight is 438 g/mol. The summed E-state index contributed by atoms with van der Waals surface area (Å²) in [4.78, 5) is 28.9. The third kappa shape index (κ3) is 4.93. The highest BCUT2D eigenvalue weighted by Gasteiger charge is 2.21. The van der Waals surface area contributed by atoms with E-state index in [1.165, 1.54) is 10.7 Å². The molecule has 1 saturated heterocycles. The lowest BCUT2D eigenvalue weighted by atomic mass is 10.2. The van der Waals surface area contributed by atoms with E-state index in [2.05, 4.69) is 26.3 Å². The maximum absolute atomic E-state index is 12.3. The van der Waals surface area contributed by atoms with Crippen LogP contribution in [0.2, 0.25) is 0 Å². The van der Waals surface area contributed by atoms with E-state index < -0.39 is 0 Å². The van der Waals surface area contributed by atoms with Crippen LogP contribution in [0.25, 0.3) is 0 Å². The number of nitrogens with zero attached hydrogens (tertiary/aromatic N) is 4. The number of methoxy groups -OCH3 is 1. The number of hydrogen-bond acceptors (Lipinski definition) is 7. The maximum Gasteiger partial charge on any atom is 0.267 e. The summed E-state index contributed by atoms with van der Waals surface area (Å²) in [7, 11) is 1.67. The molecule has 3 heterocycles. The van der Waals surface area contributed by atoms with Gasteiger partial charge in [-0.3, -0.25) is 9.59 Å². The van der Waals surface area contributed by atoms with E-state index in [0.29, 0.717) is 11.6 Å². The molecule has 2 aromatic heterocycles. The SMILES string of the molecule is COc1ccccc1N1CCN(c2ccc(=O)n(CC(=O)NCc3ccc(C)o3)n2)CC1. The number of benzene rings is 1. The molecule has 0 spiro atoms. The van der Waals surface area contributed by atoms with Gasteiger partial charge in [-0.05, 0) is 37.3 Å². The Hall–Kier alpha value is -3.75. The number of para-hydroxylation sites is 2. The Morgan fingerprint density at radius 3 is 2.53 bits per heavy atom. The van der Waals surface area contributed by atoms with Gasteiger partial charge in [0, 0.05) is 32.2 Å². The molecule has 0 saturated carbocycles. The van der Waals surface area contributed by atoms with E-state index in [0.717, 1.165) is 43.4 Å². The molecule has 32 heavy (non-hydrogen) atoms. The molecule has 1 N–H and O–H groups in total. The van der Waals surface area contributed by atoms with Crippen molar-refractivity contribution in [3.63, 3.8) is 0 Å². The van der Waals surface area contributed by atoms with Crippen LogP contribution >= 0.6 is 0 Å². The molecule has 3 aromatic rings. The number of furan rings is 1. The van der Waals surface area contributed by atoms with Gasteiger partial charge >= 0.3 is 0 Å². The summed E-state index contributed by atoms with van der Waals surface area (Å²) in [6.07, 6.45) is 0. The van der Waals surface area contributed by atoms with Gasteiger partial charge in [0.05, 0.1) is 19.3 Å². The fourth-order valence-corrected chi connectivity index (χ4v) is 3.75. The first kappa shape index (κ1) is 21.5. The predicted molar refractivity (Wildman–Crippen MR) is 121 cm³/mol. The Balaban J connectivity index is 1.37. The summed E-state index contributed by atoms with van der Waals surface area (Å²) in [6.45, 7) is 5.05. The second-order valence-electron chi connectivity index (χ2n) is 7.62. The smallest absolute Gasteiger partial charge is 0.267 e. The summed E-state index contributed by atoms with van der Waals surface area (Å²) in [5, 5.41) is 7.19. The van der Waals surface area contributed by atoms with Crippen molar-refractivity contribution in [1.29, 1.82) is 0 Å². The molecule has 1 aromatic carbocycles. The van der Waals surface area contributed by atoms with Gasteiger partial charge in [-0.25, -0.2) is 4.68 Å². The van der Waals surface area contributed by atoms with Crippen LogP contribution in [0, 0.1) is 6.92 Å². The number of rotatable bonds is 7. The third-order valence-corrected chi connectivity index (χ3v) is 5.43. The predicted octanol–water partition coefficient (Wildman–Crippen LogP) is 1.80. The summed E-state index contributed by atoms with van der Waals surface area (Å²) < 4.78 is 12.1. The molecule has 0 unspecified atom stereocenters. The van der Waals surface area contributed by atoms with Crippen LogP contribution < -0.4 is 25.4 Å². The van der Waals surface area contributed by atoms with Gasteiger partial charge in [0.2, 0.25) is 5.91 Å². The number of piperazine rings is 1. The van der Waals surface area contributed by atoms with E-state index in [1.807, 2.05) is 37.3 Å². The highest BCUT2D eigenvalue weighted by atomic mass is 16.5. The lowest BCUT2D eigenvalue weighted by Gasteiger charge is -2.37. The van der Waals surface area contributed by atoms with Crippen LogP contribution in [-0.4, -0.2) is 49.0 Å². The zero-order valence-electron chi connectivity index (χ0n) is 18.3. The number of carbonyl (C=O) groups is 1. The van der Waals surface area contributed by atoms with Gasteiger partial charge in [-0.15, -0.1) is 0 Å². The second kappa shape index (κ2) is 9.59. The first-order valence-electron chi connectivity index (χ1n) is 10.6. The zero-order valence-corrected chi connectivity index (χ0v) is 18.3. The Morgan fingerprint density at radius 2 is 1.81 bits per heavy atom. The number of amides is 1. The molecular formula is C23H27N5O4. The van der Waals surface area contributed by atoms with Gasteiger partial charge in [0.25, 0.3) is 5.56 Å². The molecule has 1 aliphatic rings. The minimum absolute atomic E-state index is 0.145. The third-order valence-electron chi connectivity index (χ3n) is 5.43. The molecule has 168 valence electrons. The monoisotopic (exact) mass is 437 g/mol. The largest absolute Gasteiger partial charge is 0.495 e. The maximum atomic E-state index is 12.3. The van der Waals surface area contributed by atoms with E-state index in [9.17, 15) is 9.59 Å². The van der Waals surface area contributed by atoms with E-state index in [-0.39, 0.29) is 24.6 Å². The van der Waals surface area contributed by atoms with Crippen molar-refractivity contribution in [3.8, 4) is 5.75 Å². The van der Waals surface area contributed by atoms with E-state index in [4.69, 9.17) is 9.15 Å². The molecule has 1 amide bonds. The standard InChI is InChI=1S/C23H27N5O4/c1-17-7-8-18(32-17)15-24-22(29)16-28-23(30)10-9-21(25-28)27-13-11-26(12-14-27)19-5-3-4-6-20(19)31-2/h3-10H,11-16H2,1-2H3,(H,24,29). The van der Waals surface area contributed by atoms with E-state index in [1.54, 1.807) is 13.2 Å². The van der Waals surface area contributed by atoms with Crippen LogP contribution in [0.4, 0.5) is 11.5 Å². The minimum Gasteiger partial charge on any atom is -0.495 e. The molecule has 9 nitrogen and oxygen atoms in total. The Bertz CT molecular complexity index is 1130. The number of ether oxygens (including phenoxy) is 1. The molecule has 9 heteroatoms. The number of aryl methyl sites for hydroxylation is 1. The second-order valence-corrected chi connectivity index (χ2v) is 7.62. The molecule has 0 bridgehead atoms. The summed E-state index contributed by atoms with van der Waals surface area (Å²) in [5.41, 5.74) is 0.751. The van der Waals surface area contributed by atoms with Crippen LogP contribution in [0.1, 0.15) is 11.5 Å². The zero-order chi connectivity index (χ0) is 22.5. The number of hydrogen-bond donors (Lipinski definition) is 1. The highest BCUT2D eigenvalue weighted by Crippen LogP contribution is 2.28.